The molecule has 68 valence electrons. The molecule has 0 unspecified atom stereocenters. The van der Waals surface area contributed by atoms with Crippen molar-refractivity contribution >= 4 is 28.7 Å². The number of hydrogen-bond donors (Lipinski definition) is 0. The fourth-order valence-corrected chi connectivity index (χ4v) is 2.41. The molecule has 2 heterocycles. The van der Waals surface area contributed by atoms with E-state index in [0.717, 1.165) is 11.3 Å². The van der Waals surface area contributed by atoms with E-state index in [1.54, 1.807) is 11.8 Å². The molecule has 0 aliphatic carbocycles. The van der Waals surface area contributed by atoms with Gasteiger partial charge in [-0.15, -0.1) is 11.8 Å². The number of rotatable bonds is 0. The zero-order valence-corrected chi connectivity index (χ0v) is 8.42. The first-order valence-electron chi connectivity index (χ1n) is 4.60. The van der Waals surface area contributed by atoms with Gasteiger partial charge >= 0.3 is 0 Å². The van der Waals surface area contributed by atoms with E-state index in [1.165, 1.54) is 16.6 Å². The summed E-state index contributed by atoms with van der Waals surface area (Å²) >= 11 is 1.80. The first-order chi connectivity index (χ1) is 6.93. The van der Waals surface area contributed by atoms with Crippen molar-refractivity contribution in [2.24, 2.45) is 0 Å². The minimum absolute atomic E-state index is 0.997. The molecule has 3 rings (SSSR count). The van der Waals surface area contributed by atoms with Gasteiger partial charge in [-0.3, -0.25) is 4.98 Å². The van der Waals surface area contributed by atoms with Crippen LogP contribution in [0.2, 0.25) is 0 Å². The highest BCUT2D eigenvalue weighted by Gasteiger charge is 2.07. The number of pyridine rings is 1. The summed E-state index contributed by atoms with van der Waals surface area (Å²) in [5.74, 6) is 0.997. The van der Waals surface area contributed by atoms with Gasteiger partial charge in [0.25, 0.3) is 0 Å². The summed E-state index contributed by atoms with van der Waals surface area (Å²) in [5, 5.41) is 3.36. The average Bonchev–Trinajstić information content (AvgIpc) is 2.26. The molecular weight excluding hydrogens is 190 g/mol. The highest BCUT2D eigenvalue weighted by molar-refractivity contribution is 8.01. The molecule has 0 saturated carbocycles. The van der Waals surface area contributed by atoms with Gasteiger partial charge in [0.05, 0.1) is 11.2 Å². The predicted octanol–water partition coefficient (Wildman–Crippen LogP) is 3.45. The lowest BCUT2D eigenvalue weighted by molar-refractivity contribution is 1.21. The van der Waals surface area contributed by atoms with Crippen LogP contribution < -0.4 is 0 Å². The van der Waals surface area contributed by atoms with Crippen LogP contribution in [0.5, 0.6) is 0 Å². The molecule has 0 spiro atoms. The standard InChI is InChI=1S/C12H9NS/c1-2-4-11-9(3-1)7-10-5-6-14-8-12(10)13-11/h1-7H,8H2. The second-order valence-electron chi connectivity index (χ2n) is 3.33. The minimum Gasteiger partial charge on any atom is -0.251 e. The van der Waals surface area contributed by atoms with E-state index in [1.807, 2.05) is 6.07 Å². The van der Waals surface area contributed by atoms with Gasteiger partial charge in [0.15, 0.2) is 0 Å². The van der Waals surface area contributed by atoms with Crippen LogP contribution >= 0.6 is 11.8 Å². The number of hydrogen-bond acceptors (Lipinski definition) is 2. The molecule has 0 fully saturated rings. The maximum absolute atomic E-state index is 4.64. The molecule has 1 aliphatic heterocycles. The number of fused-ring (bicyclic) bond motifs is 2. The van der Waals surface area contributed by atoms with Crippen molar-refractivity contribution in [3.8, 4) is 0 Å². The third-order valence-corrected chi connectivity index (χ3v) is 3.17. The van der Waals surface area contributed by atoms with Gasteiger partial charge in [-0.2, -0.15) is 0 Å². The fraction of sp³-hybridized carbons (Fsp3) is 0.0833. The Bertz CT molecular complexity index is 517. The van der Waals surface area contributed by atoms with Gasteiger partial charge in [0.1, 0.15) is 0 Å². The van der Waals surface area contributed by atoms with E-state index in [9.17, 15) is 0 Å². The van der Waals surface area contributed by atoms with E-state index in [4.69, 9.17) is 0 Å². The van der Waals surface area contributed by atoms with Crippen molar-refractivity contribution in [3.63, 3.8) is 0 Å². The molecule has 0 bridgehead atoms. The average molecular weight is 199 g/mol. The highest BCUT2D eigenvalue weighted by Crippen LogP contribution is 2.26. The summed E-state index contributed by atoms with van der Waals surface area (Å²) < 4.78 is 0. The summed E-state index contributed by atoms with van der Waals surface area (Å²) in [7, 11) is 0. The Morgan fingerprint density at radius 3 is 3.14 bits per heavy atom. The maximum atomic E-state index is 4.64. The van der Waals surface area contributed by atoms with Crippen LogP contribution in [-0.4, -0.2) is 4.98 Å². The third-order valence-electron chi connectivity index (χ3n) is 2.40. The molecule has 0 saturated heterocycles. The van der Waals surface area contributed by atoms with Gasteiger partial charge < -0.3 is 0 Å². The summed E-state index contributed by atoms with van der Waals surface area (Å²) in [6.45, 7) is 0. The van der Waals surface area contributed by atoms with Crippen LogP contribution in [0.25, 0.3) is 17.0 Å². The van der Waals surface area contributed by atoms with Crippen LogP contribution in [-0.2, 0) is 5.75 Å². The van der Waals surface area contributed by atoms with Crippen molar-refractivity contribution in [1.82, 2.24) is 4.98 Å². The molecule has 0 radical (unpaired) electrons. The van der Waals surface area contributed by atoms with Crippen LogP contribution in [0.3, 0.4) is 0 Å². The Balaban J connectivity index is 2.34. The van der Waals surface area contributed by atoms with Crippen LogP contribution in [0.15, 0.2) is 35.7 Å². The van der Waals surface area contributed by atoms with Crippen molar-refractivity contribution < 1.29 is 0 Å². The molecule has 1 aromatic heterocycles. The smallest absolute Gasteiger partial charge is 0.0706 e. The zero-order chi connectivity index (χ0) is 9.38. The lowest BCUT2D eigenvalue weighted by Gasteiger charge is -2.09. The molecule has 0 atom stereocenters. The number of nitrogens with zero attached hydrogens (tertiary/aromatic N) is 1. The van der Waals surface area contributed by atoms with Gasteiger partial charge in [-0.05, 0) is 29.2 Å². The van der Waals surface area contributed by atoms with Crippen LogP contribution in [0, 0.1) is 0 Å². The fourth-order valence-electron chi connectivity index (χ4n) is 1.68. The second kappa shape index (κ2) is 3.14. The summed E-state index contributed by atoms with van der Waals surface area (Å²) in [4.78, 5) is 4.64. The molecule has 2 heteroatoms. The molecule has 0 N–H and O–H groups in total. The molecule has 1 nitrogen and oxygen atoms in total. The van der Waals surface area contributed by atoms with Gasteiger partial charge in [-0.25, -0.2) is 0 Å². The topological polar surface area (TPSA) is 12.9 Å². The Hall–Kier alpha value is -1.28. The van der Waals surface area contributed by atoms with E-state index >= 15 is 0 Å². The molecular formula is C12H9NS. The van der Waals surface area contributed by atoms with Crippen molar-refractivity contribution in [2.75, 3.05) is 0 Å². The SMILES string of the molecule is C1=Cc2cc3ccccc3nc2CS1. The maximum Gasteiger partial charge on any atom is 0.0706 e. The lowest BCUT2D eigenvalue weighted by Crippen LogP contribution is -1.94. The second-order valence-corrected chi connectivity index (χ2v) is 4.22. The first kappa shape index (κ1) is 8.06. The monoisotopic (exact) mass is 199 g/mol. The van der Waals surface area contributed by atoms with Gasteiger partial charge in [0.2, 0.25) is 0 Å². The zero-order valence-electron chi connectivity index (χ0n) is 7.60. The molecule has 1 aliphatic rings. The Morgan fingerprint density at radius 2 is 2.14 bits per heavy atom. The number of aromatic nitrogens is 1. The molecule has 0 amide bonds. The molecule has 2 aromatic rings. The molecule has 1 aromatic carbocycles. The number of thioether (sulfide) groups is 1. The largest absolute Gasteiger partial charge is 0.251 e. The lowest BCUT2D eigenvalue weighted by atomic mass is 10.1. The highest BCUT2D eigenvalue weighted by atomic mass is 32.2. The van der Waals surface area contributed by atoms with E-state index in [0.29, 0.717) is 0 Å². The van der Waals surface area contributed by atoms with E-state index in [2.05, 4.69) is 40.7 Å². The Morgan fingerprint density at radius 1 is 1.21 bits per heavy atom. The van der Waals surface area contributed by atoms with E-state index in [-0.39, 0.29) is 0 Å². The van der Waals surface area contributed by atoms with Crippen molar-refractivity contribution in [2.45, 2.75) is 5.75 Å². The number of para-hydroxylation sites is 1. The van der Waals surface area contributed by atoms with E-state index < -0.39 is 0 Å². The quantitative estimate of drug-likeness (QED) is 0.644. The predicted molar refractivity (Wildman–Crippen MR) is 62.1 cm³/mol. The van der Waals surface area contributed by atoms with Crippen LogP contribution in [0.4, 0.5) is 0 Å². The number of benzene rings is 1. The Labute approximate surface area is 86.9 Å². The van der Waals surface area contributed by atoms with Crippen LogP contribution in [0.1, 0.15) is 11.3 Å². The van der Waals surface area contributed by atoms with Crippen molar-refractivity contribution in [3.05, 3.63) is 47.0 Å². The summed E-state index contributed by atoms with van der Waals surface area (Å²) in [6.07, 6.45) is 2.14. The van der Waals surface area contributed by atoms with Gasteiger partial charge in [0, 0.05) is 11.1 Å². The Kier molecular flexibility index (Phi) is 1.81. The summed E-state index contributed by atoms with van der Waals surface area (Å²) in [6, 6.07) is 10.5. The molecule has 14 heavy (non-hydrogen) atoms. The van der Waals surface area contributed by atoms with Crippen molar-refractivity contribution in [1.29, 1.82) is 0 Å². The van der Waals surface area contributed by atoms with Gasteiger partial charge in [-0.1, -0.05) is 18.2 Å². The first-order valence-corrected chi connectivity index (χ1v) is 5.65. The third kappa shape index (κ3) is 1.23. The normalized spacial score (nSPS) is 14.3. The summed E-state index contributed by atoms with van der Waals surface area (Å²) in [5.41, 5.74) is 3.57. The minimum atomic E-state index is 0.997.